The third kappa shape index (κ3) is 5.32. The molecule has 1 aliphatic carbocycles. The fourth-order valence-corrected chi connectivity index (χ4v) is 4.92. The summed E-state index contributed by atoms with van der Waals surface area (Å²) in [6, 6.07) is 10.0. The summed E-state index contributed by atoms with van der Waals surface area (Å²) < 4.78 is 41.5. The van der Waals surface area contributed by atoms with Gasteiger partial charge in [-0.05, 0) is 51.2 Å². The number of ether oxygens (including phenoxy) is 1. The lowest BCUT2D eigenvalue weighted by Gasteiger charge is -2.15. The van der Waals surface area contributed by atoms with E-state index < -0.39 is 35.9 Å². The predicted molar refractivity (Wildman–Crippen MR) is 147 cm³/mol. The number of alkyl halides is 2. The number of nitrogens with one attached hydrogen (secondary N) is 3. The second-order valence-corrected chi connectivity index (χ2v) is 10.4. The quantitative estimate of drug-likeness (QED) is 0.215. The van der Waals surface area contributed by atoms with Crippen molar-refractivity contribution in [1.29, 1.82) is 0 Å². The molecule has 1 aliphatic rings. The van der Waals surface area contributed by atoms with Crippen molar-refractivity contribution in [3.05, 3.63) is 69.0 Å². The highest BCUT2D eigenvalue weighted by Crippen LogP contribution is 2.61. The van der Waals surface area contributed by atoms with Gasteiger partial charge in [-0.15, -0.1) is 0 Å². The van der Waals surface area contributed by atoms with Gasteiger partial charge in [0.2, 0.25) is 11.7 Å². The van der Waals surface area contributed by atoms with E-state index in [1.54, 1.807) is 45.0 Å². The molecule has 1 saturated carbocycles. The van der Waals surface area contributed by atoms with Gasteiger partial charge in [0.25, 0.3) is 5.92 Å². The molecule has 15 heteroatoms. The fraction of sp³-hybridized carbons (Fsp3) is 0.308. The van der Waals surface area contributed by atoms with Gasteiger partial charge in [0, 0.05) is 17.6 Å². The Kier molecular flexibility index (Phi) is 7.38. The van der Waals surface area contributed by atoms with Gasteiger partial charge >= 0.3 is 6.09 Å². The van der Waals surface area contributed by atoms with Crippen molar-refractivity contribution < 1.29 is 27.6 Å². The second-order valence-electron chi connectivity index (χ2n) is 9.56. The fourth-order valence-electron chi connectivity index (χ4n) is 4.49. The minimum absolute atomic E-state index is 0.00542. The molecule has 0 saturated heterocycles. The topological polar surface area (TPSA) is 140 Å². The highest BCUT2D eigenvalue weighted by Gasteiger charge is 2.74. The molecule has 5 rings (SSSR count). The van der Waals surface area contributed by atoms with Gasteiger partial charge in [0.1, 0.15) is 40.8 Å². The van der Waals surface area contributed by atoms with Crippen LogP contribution in [0.1, 0.15) is 41.7 Å². The zero-order valence-electron chi connectivity index (χ0n) is 22.2. The molecular formula is C26H24ClF2N7O4S. The van der Waals surface area contributed by atoms with E-state index in [-0.39, 0.29) is 33.4 Å². The van der Waals surface area contributed by atoms with E-state index >= 15 is 0 Å². The zero-order valence-corrected chi connectivity index (χ0v) is 23.7. The summed E-state index contributed by atoms with van der Waals surface area (Å²) in [7, 11) is 1.50. The van der Waals surface area contributed by atoms with Crippen LogP contribution in [0, 0.1) is 24.5 Å². The Labute approximate surface area is 242 Å². The third-order valence-electron chi connectivity index (χ3n) is 6.82. The van der Waals surface area contributed by atoms with Gasteiger partial charge in [-0.3, -0.25) is 15.2 Å². The van der Waals surface area contributed by atoms with E-state index in [1.807, 2.05) is 0 Å². The maximum absolute atomic E-state index is 14.6. The Morgan fingerprint density at radius 3 is 2.59 bits per heavy atom. The summed E-state index contributed by atoms with van der Waals surface area (Å²) in [6.07, 6.45) is -1.40. The van der Waals surface area contributed by atoms with Crippen LogP contribution in [-0.4, -0.2) is 42.8 Å². The molecule has 0 unspecified atom stereocenters. The Hall–Kier alpha value is -4.17. The number of benzene rings is 1. The molecule has 3 aromatic heterocycles. The average Bonchev–Trinajstić information content (AvgIpc) is 3.11. The smallest absolute Gasteiger partial charge is 0.412 e. The lowest BCUT2D eigenvalue weighted by atomic mass is 10.1. The first-order chi connectivity index (χ1) is 19.4. The number of aromatic nitrogens is 5. The molecule has 41 heavy (non-hydrogen) atoms. The molecule has 3 heterocycles. The van der Waals surface area contributed by atoms with Crippen LogP contribution in [-0.2, 0) is 16.6 Å². The predicted octanol–water partition coefficient (Wildman–Crippen LogP) is 6.10. The minimum Gasteiger partial charge on any atom is -0.441 e. The number of nitrogens with zero attached hydrogens (tertiary/aromatic N) is 4. The zero-order chi connectivity index (χ0) is 29.6. The maximum Gasteiger partial charge on any atom is 0.412 e. The number of carbonyl (C=O) groups excluding carboxylic acids is 2. The summed E-state index contributed by atoms with van der Waals surface area (Å²) in [4.78, 5) is 29.9. The van der Waals surface area contributed by atoms with Crippen LogP contribution in [0.15, 0.2) is 40.9 Å². The van der Waals surface area contributed by atoms with Gasteiger partial charge in [-0.25, -0.2) is 18.6 Å². The SMILES string of the molecule is Cc1nc(-c2onc(C)c2NC(=O)O[C@H](C)c2ccccc2Cl)ccc1NC(=O)[C@@H]1[C@@H](c2n[nH]c(=S)n2C)C1(F)F. The second kappa shape index (κ2) is 10.7. The van der Waals surface area contributed by atoms with Crippen molar-refractivity contribution >= 4 is 47.2 Å². The molecule has 11 nitrogen and oxygen atoms in total. The van der Waals surface area contributed by atoms with E-state index in [0.717, 1.165) is 0 Å². The third-order valence-corrected chi connectivity index (χ3v) is 7.53. The molecule has 0 radical (unpaired) electrons. The lowest BCUT2D eigenvalue weighted by Crippen LogP contribution is -2.19. The normalized spacial score (nSPS) is 18.0. The molecule has 0 bridgehead atoms. The molecule has 4 aromatic rings. The van der Waals surface area contributed by atoms with Crippen molar-refractivity contribution in [2.75, 3.05) is 10.6 Å². The van der Waals surface area contributed by atoms with E-state index in [0.29, 0.717) is 22.0 Å². The highest BCUT2D eigenvalue weighted by atomic mass is 35.5. The Morgan fingerprint density at radius 2 is 1.93 bits per heavy atom. The first-order valence-electron chi connectivity index (χ1n) is 12.4. The van der Waals surface area contributed by atoms with Crippen LogP contribution in [0.5, 0.6) is 0 Å². The van der Waals surface area contributed by atoms with Crippen molar-refractivity contribution in [2.45, 2.75) is 38.7 Å². The average molecular weight is 604 g/mol. The van der Waals surface area contributed by atoms with Crippen LogP contribution in [0.2, 0.25) is 5.02 Å². The van der Waals surface area contributed by atoms with Crippen LogP contribution in [0.4, 0.5) is 25.0 Å². The summed E-state index contributed by atoms with van der Waals surface area (Å²) in [5.41, 5.74) is 2.08. The maximum atomic E-state index is 14.6. The summed E-state index contributed by atoms with van der Waals surface area (Å²) in [6.45, 7) is 4.90. The summed E-state index contributed by atoms with van der Waals surface area (Å²) in [5.74, 6) is -7.02. The number of hydrogen-bond acceptors (Lipinski definition) is 8. The lowest BCUT2D eigenvalue weighted by molar-refractivity contribution is -0.119. The van der Waals surface area contributed by atoms with E-state index in [1.165, 1.54) is 23.7 Å². The van der Waals surface area contributed by atoms with E-state index in [9.17, 15) is 18.4 Å². The molecule has 2 amide bonds. The summed E-state index contributed by atoms with van der Waals surface area (Å²) in [5, 5.41) is 15.8. The molecular weight excluding hydrogens is 580 g/mol. The standard InChI is InChI=1S/C26H24ClF2N7O4S/c1-11-16(31-23(37)19-18(26(19,28)29)22-33-34-24(41)36(22)4)9-10-17(30-11)21-20(12(2)35-40-21)32-25(38)39-13(3)14-7-5-6-8-15(14)27/h5-10,13,18-19H,1-4H3,(H,31,37)(H,32,38)(H,34,41)/t13-,18+,19+/m1/s1. The van der Waals surface area contributed by atoms with Crippen LogP contribution in [0.25, 0.3) is 11.5 Å². The van der Waals surface area contributed by atoms with Gasteiger partial charge in [0.05, 0.1) is 11.4 Å². The Balaban J connectivity index is 1.29. The van der Waals surface area contributed by atoms with Gasteiger partial charge in [0.15, 0.2) is 4.77 Å². The number of pyridine rings is 1. The molecule has 1 fully saturated rings. The van der Waals surface area contributed by atoms with E-state index in [4.69, 9.17) is 33.1 Å². The minimum atomic E-state index is -3.28. The van der Waals surface area contributed by atoms with E-state index in [2.05, 4.69) is 31.0 Å². The first kappa shape index (κ1) is 28.4. The van der Waals surface area contributed by atoms with Crippen LogP contribution >= 0.6 is 23.8 Å². The number of hydrogen-bond donors (Lipinski definition) is 3. The van der Waals surface area contributed by atoms with Crippen molar-refractivity contribution in [2.24, 2.45) is 13.0 Å². The summed E-state index contributed by atoms with van der Waals surface area (Å²) >= 11 is 11.2. The number of anilines is 2. The van der Waals surface area contributed by atoms with Gasteiger partial charge in [-0.1, -0.05) is 35.0 Å². The molecule has 3 atom stereocenters. The van der Waals surface area contributed by atoms with Gasteiger partial charge in [-0.2, -0.15) is 5.10 Å². The van der Waals surface area contributed by atoms with Crippen LogP contribution in [0.3, 0.4) is 0 Å². The monoisotopic (exact) mass is 603 g/mol. The number of amides is 2. The molecule has 0 aliphatic heterocycles. The van der Waals surface area contributed by atoms with Crippen molar-refractivity contribution in [3.63, 3.8) is 0 Å². The highest BCUT2D eigenvalue weighted by molar-refractivity contribution is 7.71. The number of H-pyrrole nitrogens is 1. The largest absolute Gasteiger partial charge is 0.441 e. The molecule has 0 spiro atoms. The van der Waals surface area contributed by atoms with Crippen molar-refractivity contribution in [1.82, 2.24) is 24.9 Å². The number of halogens is 3. The number of carbonyl (C=O) groups is 2. The Bertz CT molecular complexity index is 1720. The number of aryl methyl sites for hydroxylation is 2. The number of rotatable bonds is 7. The first-order valence-corrected chi connectivity index (χ1v) is 13.1. The Morgan fingerprint density at radius 1 is 1.20 bits per heavy atom. The van der Waals surface area contributed by atoms with Crippen LogP contribution < -0.4 is 10.6 Å². The molecule has 1 aromatic carbocycles. The molecule has 214 valence electrons. The van der Waals surface area contributed by atoms with Crippen molar-refractivity contribution in [3.8, 4) is 11.5 Å². The molecule has 3 N–H and O–H groups in total. The van der Waals surface area contributed by atoms with Gasteiger partial charge < -0.3 is 19.1 Å². The number of aromatic amines is 1.